The molecule has 0 aromatic rings. The van der Waals surface area contributed by atoms with Gasteiger partial charge in [0.25, 0.3) is 0 Å². The predicted molar refractivity (Wildman–Crippen MR) is 79.1 cm³/mol. The summed E-state index contributed by atoms with van der Waals surface area (Å²) < 4.78 is 0. The van der Waals surface area contributed by atoms with Crippen LogP contribution in [0.25, 0.3) is 0 Å². The monoisotopic (exact) mass is 291 g/mol. The van der Waals surface area contributed by atoms with Crippen molar-refractivity contribution in [2.45, 2.75) is 39.0 Å². The number of hydrogen-bond acceptors (Lipinski definition) is 3. The Morgan fingerprint density at radius 1 is 1.29 bits per heavy atom. The van der Waals surface area contributed by atoms with Gasteiger partial charge < -0.3 is 9.80 Å². The van der Waals surface area contributed by atoms with Gasteiger partial charge in [0.1, 0.15) is 6.54 Å². The van der Waals surface area contributed by atoms with E-state index in [1.807, 2.05) is 11.0 Å². The minimum Gasteiger partial charge on any atom is -0.342 e. The van der Waals surface area contributed by atoms with Crippen LogP contribution in [0.5, 0.6) is 0 Å². The molecule has 0 unspecified atom stereocenters. The quantitative estimate of drug-likeness (QED) is 0.723. The first-order chi connectivity index (χ1) is 10.1. The van der Waals surface area contributed by atoms with E-state index < -0.39 is 0 Å². The van der Waals surface area contributed by atoms with E-state index in [9.17, 15) is 9.59 Å². The second-order valence-corrected chi connectivity index (χ2v) is 6.39. The molecule has 2 atom stereocenters. The Morgan fingerprint density at radius 3 is 2.57 bits per heavy atom. The number of piperidine rings is 1. The Hall–Kier alpha value is -1.57. The van der Waals surface area contributed by atoms with Gasteiger partial charge >= 0.3 is 0 Å². The normalized spacial score (nSPS) is 25.3. The molecule has 1 aliphatic heterocycles. The topological polar surface area (TPSA) is 64.4 Å². The maximum absolute atomic E-state index is 12.2. The minimum absolute atomic E-state index is 0.0435. The molecular weight excluding hydrogens is 266 g/mol. The molecule has 1 saturated carbocycles. The summed E-state index contributed by atoms with van der Waals surface area (Å²) in [7, 11) is 1.68. The van der Waals surface area contributed by atoms with Crippen LogP contribution in [0.4, 0.5) is 0 Å². The fourth-order valence-corrected chi connectivity index (χ4v) is 3.17. The zero-order chi connectivity index (χ0) is 15.4. The van der Waals surface area contributed by atoms with Crippen LogP contribution in [0.3, 0.4) is 0 Å². The molecule has 2 aliphatic rings. The van der Waals surface area contributed by atoms with Gasteiger partial charge in [0.15, 0.2) is 0 Å². The van der Waals surface area contributed by atoms with Crippen molar-refractivity contribution < 1.29 is 9.59 Å². The average Bonchev–Trinajstić information content (AvgIpc) is 3.31. The molecule has 0 radical (unpaired) electrons. The first kappa shape index (κ1) is 15.8. The van der Waals surface area contributed by atoms with Crippen LogP contribution in [0.1, 0.15) is 39.0 Å². The van der Waals surface area contributed by atoms with Crippen molar-refractivity contribution in [3.05, 3.63) is 0 Å². The molecule has 2 amide bonds. The second-order valence-electron chi connectivity index (χ2n) is 6.39. The highest BCUT2D eigenvalue weighted by molar-refractivity contribution is 5.81. The van der Waals surface area contributed by atoms with Crippen molar-refractivity contribution in [3.63, 3.8) is 0 Å². The summed E-state index contributed by atoms with van der Waals surface area (Å²) in [5.74, 6) is 1.39. The van der Waals surface area contributed by atoms with Crippen LogP contribution < -0.4 is 0 Å². The summed E-state index contributed by atoms with van der Waals surface area (Å²) in [4.78, 5) is 27.7. The number of hydrogen-bond donors (Lipinski definition) is 0. The molecule has 0 aromatic heterocycles. The molecule has 5 nitrogen and oxygen atoms in total. The maximum atomic E-state index is 12.2. The standard InChI is InChI=1S/C16H25N3O2/c1-3-12-11-19(16(21)13-4-5-13)8-6-14(12)10-15(20)18(2)9-7-17/h12-14H,3-6,8-11H2,1-2H3/t12-,14-/m0/s1. The van der Waals surface area contributed by atoms with Crippen LogP contribution >= 0.6 is 0 Å². The number of nitriles is 1. The number of rotatable bonds is 5. The van der Waals surface area contributed by atoms with Crippen LogP contribution in [0, 0.1) is 29.1 Å². The van der Waals surface area contributed by atoms with E-state index in [1.54, 1.807) is 7.05 Å². The van der Waals surface area contributed by atoms with Crippen LogP contribution in [-0.4, -0.2) is 48.3 Å². The van der Waals surface area contributed by atoms with Gasteiger partial charge in [-0.3, -0.25) is 9.59 Å². The average molecular weight is 291 g/mol. The smallest absolute Gasteiger partial charge is 0.225 e. The summed E-state index contributed by atoms with van der Waals surface area (Å²) in [6.45, 7) is 3.86. The highest BCUT2D eigenvalue weighted by Gasteiger charge is 2.38. The van der Waals surface area contributed by atoms with Crippen molar-refractivity contribution >= 4 is 11.8 Å². The number of nitrogens with zero attached hydrogens (tertiary/aromatic N) is 3. The van der Waals surface area contributed by atoms with Gasteiger partial charge in [-0.05, 0) is 31.1 Å². The fraction of sp³-hybridized carbons (Fsp3) is 0.812. The molecule has 2 fully saturated rings. The molecule has 2 rings (SSSR count). The van der Waals surface area contributed by atoms with Crippen LogP contribution in [-0.2, 0) is 9.59 Å². The molecular formula is C16H25N3O2. The molecule has 0 N–H and O–H groups in total. The van der Waals surface area contributed by atoms with Gasteiger partial charge in [-0.25, -0.2) is 0 Å². The zero-order valence-corrected chi connectivity index (χ0v) is 13.0. The van der Waals surface area contributed by atoms with Crippen LogP contribution in [0.2, 0.25) is 0 Å². The molecule has 1 saturated heterocycles. The molecule has 1 aliphatic carbocycles. The Balaban J connectivity index is 1.88. The van der Waals surface area contributed by atoms with Crippen LogP contribution in [0.15, 0.2) is 0 Å². The zero-order valence-electron chi connectivity index (χ0n) is 13.0. The van der Waals surface area contributed by atoms with Crippen molar-refractivity contribution in [2.24, 2.45) is 17.8 Å². The molecule has 0 spiro atoms. The molecule has 1 heterocycles. The lowest BCUT2D eigenvalue weighted by atomic mass is 9.81. The van der Waals surface area contributed by atoms with Crippen molar-refractivity contribution in [1.29, 1.82) is 5.26 Å². The van der Waals surface area contributed by atoms with Gasteiger partial charge in [0.05, 0.1) is 6.07 Å². The van der Waals surface area contributed by atoms with E-state index >= 15 is 0 Å². The number of likely N-dealkylation sites (tertiary alicyclic amines) is 1. The Kier molecular flexibility index (Phi) is 5.22. The Bertz CT molecular complexity index is 439. The first-order valence-corrected chi connectivity index (χ1v) is 7.96. The third-order valence-corrected chi connectivity index (χ3v) is 4.82. The van der Waals surface area contributed by atoms with Gasteiger partial charge in [-0.1, -0.05) is 13.3 Å². The highest BCUT2D eigenvalue weighted by Crippen LogP contribution is 2.35. The Morgan fingerprint density at radius 2 is 2.00 bits per heavy atom. The fourth-order valence-electron chi connectivity index (χ4n) is 3.17. The summed E-state index contributed by atoms with van der Waals surface area (Å²) in [5.41, 5.74) is 0. The van der Waals surface area contributed by atoms with Crippen molar-refractivity contribution in [2.75, 3.05) is 26.7 Å². The molecule has 21 heavy (non-hydrogen) atoms. The van der Waals surface area contributed by atoms with E-state index in [4.69, 9.17) is 5.26 Å². The lowest BCUT2D eigenvalue weighted by molar-refractivity contribution is -0.136. The number of carbonyl (C=O) groups is 2. The first-order valence-electron chi connectivity index (χ1n) is 7.96. The van der Waals surface area contributed by atoms with E-state index in [-0.39, 0.29) is 18.4 Å². The largest absolute Gasteiger partial charge is 0.342 e. The van der Waals surface area contributed by atoms with Gasteiger partial charge in [-0.15, -0.1) is 0 Å². The van der Waals surface area contributed by atoms with E-state index in [2.05, 4.69) is 6.92 Å². The molecule has 116 valence electrons. The number of carbonyl (C=O) groups excluding carboxylic acids is 2. The molecule has 0 aromatic carbocycles. The van der Waals surface area contributed by atoms with Crippen molar-refractivity contribution in [1.82, 2.24) is 9.80 Å². The SMILES string of the molecule is CC[C@H]1CN(C(=O)C2CC2)CC[C@H]1CC(=O)N(C)CC#N. The number of amides is 2. The lowest BCUT2D eigenvalue weighted by Crippen LogP contribution is -2.45. The molecule has 0 bridgehead atoms. The third-order valence-electron chi connectivity index (χ3n) is 4.82. The maximum Gasteiger partial charge on any atom is 0.225 e. The van der Waals surface area contributed by atoms with E-state index in [0.29, 0.717) is 24.2 Å². The summed E-state index contributed by atoms with van der Waals surface area (Å²) in [5, 5.41) is 8.66. The van der Waals surface area contributed by atoms with Gasteiger partial charge in [0.2, 0.25) is 11.8 Å². The van der Waals surface area contributed by atoms with Gasteiger partial charge in [0, 0.05) is 32.5 Å². The summed E-state index contributed by atoms with van der Waals surface area (Å²) in [6, 6.07) is 2.00. The lowest BCUT2D eigenvalue weighted by Gasteiger charge is -2.38. The summed E-state index contributed by atoms with van der Waals surface area (Å²) >= 11 is 0. The predicted octanol–water partition coefficient (Wildman–Crippen LogP) is 1.64. The van der Waals surface area contributed by atoms with Gasteiger partial charge in [-0.2, -0.15) is 5.26 Å². The second kappa shape index (κ2) is 6.93. The van der Waals surface area contributed by atoms with E-state index in [1.165, 1.54) is 4.90 Å². The summed E-state index contributed by atoms with van der Waals surface area (Å²) in [6.07, 6.45) is 4.50. The van der Waals surface area contributed by atoms with Crippen molar-refractivity contribution in [3.8, 4) is 6.07 Å². The minimum atomic E-state index is 0.0435. The highest BCUT2D eigenvalue weighted by atomic mass is 16.2. The Labute approximate surface area is 126 Å². The third kappa shape index (κ3) is 3.96. The molecule has 5 heteroatoms. The van der Waals surface area contributed by atoms with E-state index in [0.717, 1.165) is 38.8 Å².